The van der Waals surface area contributed by atoms with E-state index in [2.05, 4.69) is 20.5 Å². The molecule has 0 aliphatic carbocycles. The van der Waals surface area contributed by atoms with Crippen molar-refractivity contribution in [3.05, 3.63) is 42.5 Å². The number of aromatic nitrogens is 3. The van der Waals surface area contributed by atoms with Gasteiger partial charge < -0.3 is 19.5 Å². The fraction of sp³-hybridized carbons (Fsp3) is 0.211. The zero-order valence-electron chi connectivity index (χ0n) is 15.1. The van der Waals surface area contributed by atoms with Crippen molar-refractivity contribution in [1.82, 2.24) is 15.2 Å². The third-order valence-corrected chi connectivity index (χ3v) is 4.83. The minimum Gasteiger partial charge on any atom is -0.497 e. The number of H-pyrrole nitrogens is 1. The van der Waals surface area contributed by atoms with Crippen molar-refractivity contribution in [2.24, 2.45) is 0 Å². The lowest BCUT2D eigenvalue weighted by atomic mass is 10.2. The van der Waals surface area contributed by atoms with Gasteiger partial charge in [-0.3, -0.25) is 9.89 Å². The molecular formula is C19H18N4O4S. The average Bonchev–Trinajstić information content (AvgIpc) is 3.21. The Kier molecular flexibility index (Phi) is 5.34. The van der Waals surface area contributed by atoms with Crippen LogP contribution in [0.15, 0.2) is 47.6 Å². The standard InChI is InChI=1S/C19H18N4O4S/c1-25-14-5-2-12(3-6-14)18-21-19(23-22-18)28-11-17(24)20-13-4-7-15-16(10-13)27-9-8-26-15/h2-7,10H,8-9,11H2,1H3,(H,20,24)(H,21,22,23). The number of rotatable bonds is 6. The lowest BCUT2D eigenvalue weighted by Gasteiger charge is -2.18. The number of aromatic amines is 1. The maximum atomic E-state index is 12.2. The highest BCUT2D eigenvalue weighted by Gasteiger charge is 2.14. The molecule has 0 spiro atoms. The number of anilines is 1. The molecule has 1 aromatic heterocycles. The van der Waals surface area contributed by atoms with E-state index in [4.69, 9.17) is 14.2 Å². The Morgan fingerprint density at radius 2 is 1.96 bits per heavy atom. The van der Waals surface area contributed by atoms with Gasteiger partial charge >= 0.3 is 0 Å². The minimum absolute atomic E-state index is 0.155. The number of thioether (sulfide) groups is 1. The van der Waals surface area contributed by atoms with E-state index in [1.54, 1.807) is 25.3 Å². The molecule has 0 radical (unpaired) electrons. The van der Waals surface area contributed by atoms with Gasteiger partial charge in [0.15, 0.2) is 17.3 Å². The molecule has 1 aliphatic heterocycles. The second kappa shape index (κ2) is 8.22. The zero-order chi connectivity index (χ0) is 19.3. The number of methoxy groups -OCH3 is 1. The first-order valence-corrected chi connectivity index (χ1v) is 9.59. The number of carbonyl (C=O) groups is 1. The van der Waals surface area contributed by atoms with Crippen molar-refractivity contribution < 1.29 is 19.0 Å². The Balaban J connectivity index is 1.33. The maximum Gasteiger partial charge on any atom is 0.234 e. The van der Waals surface area contributed by atoms with Crippen molar-refractivity contribution in [2.75, 3.05) is 31.4 Å². The summed E-state index contributed by atoms with van der Waals surface area (Å²) in [5.74, 6) is 2.76. The van der Waals surface area contributed by atoms with Crippen LogP contribution in [0.2, 0.25) is 0 Å². The lowest BCUT2D eigenvalue weighted by Crippen LogP contribution is -2.17. The van der Waals surface area contributed by atoms with E-state index >= 15 is 0 Å². The molecule has 2 N–H and O–H groups in total. The molecule has 0 atom stereocenters. The normalized spacial score (nSPS) is 12.5. The number of nitrogens with one attached hydrogen (secondary N) is 2. The van der Waals surface area contributed by atoms with Gasteiger partial charge in [0.25, 0.3) is 0 Å². The van der Waals surface area contributed by atoms with Crippen LogP contribution in [0.4, 0.5) is 5.69 Å². The summed E-state index contributed by atoms with van der Waals surface area (Å²) in [6, 6.07) is 12.8. The van der Waals surface area contributed by atoms with Gasteiger partial charge in [0.1, 0.15) is 19.0 Å². The van der Waals surface area contributed by atoms with E-state index in [-0.39, 0.29) is 11.7 Å². The molecule has 28 heavy (non-hydrogen) atoms. The first kappa shape index (κ1) is 18.2. The van der Waals surface area contributed by atoms with Crippen LogP contribution in [0.5, 0.6) is 17.2 Å². The summed E-state index contributed by atoms with van der Waals surface area (Å²) >= 11 is 1.25. The highest BCUT2D eigenvalue weighted by atomic mass is 32.2. The number of hydrogen-bond donors (Lipinski definition) is 2. The predicted molar refractivity (Wildman–Crippen MR) is 105 cm³/mol. The Bertz CT molecular complexity index is 974. The number of fused-ring (bicyclic) bond motifs is 1. The van der Waals surface area contributed by atoms with Crippen molar-refractivity contribution in [1.29, 1.82) is 0 Å². The van der Waals surface area contributed by atoms with E-state index in [0.717, 1.165) is 11.3 Å². The Morgan fingerprint density at radius 3 is 2.75 bits per heavy atom. The van der Waals surface area contributed by atoms with Crippen LogP contribution in [0.3, 0.4) is 0 Å². The molecule has 9 heteroatoms. The molecule has 0 saturated carbocycles. The molecule has 2 aromatic carbocycles. The SMILES string of the molecule is COc1ccc(-c2nc(SCC(=O)Nc3ccc4c(c3)OCCO4)n[nH]2)cc1. The molecule has 4 rings (SSSR count). The van der Waals surface area contributed by atoms with Crippen molar-refractivity contribution in [2.45, 2.75) is 5.16 Å². The van der Waals surface area contributed by atoms with Crippen LogP contribution >= 0.6 is 11.8 Å². The molecule has 1 aliphatic rings. The molecule has 0 bridgehead atoms. The monoisotopic (exact) mass is 398 g/mol. The Morgan fingerprint density at radius 1 is 1.18 bits per heavy atom. The minimum atomic E-state index is -0.155. The van der Waals surface area contributed by atoms with Gasteiger partial charge in [-0.25, -0.2) is 4.98 Å². The topological polar surface area (TPSA) is 98.4 Å². The van der Waals surface area contributed by atoms with Gasteiger partial charge in [-0.05, 0) is 36.4 Å². The van der Waals surface area contributed by atoms with Gasteiger partial charge in [0, 0.05) is 17.3 Å². The Labute approximate surface area is 165 Å². The fourth-order valence-corrected chi connectivity index (χ4v) is 3.24. The highest BCUT2D eigenvalue weighted by molar-refractivity contribution is 7.99. The molecule has 3 aromatic rings. The third kappa shape index (κ3) is 4.20. The molecular weight excluding hydrogens is 380 g/mol. The molecule has 0 unspecified atom stereocenters. The van der Waals surface area contributed by atoms with E-state index in [9.17, 15) is 4.79 Å². The molecule has 2 heterocycles. The van der Waals surface area contributed by atoms with E-state index < -0.39 is 0 Å². The zero-order valence-corrected chi connectivity index (χ0v) is 15.9. The van der Waals surface area contributed by atoms with E-state index in [1.165, 1.54) is 11.8 Å². The number of amides is 1. The summed E-state index contributed by atoms with van der Waals surface area (Å²) in [4.78, 5) is 16.6. The van der Waals surface area contributed by atoms with Gasteiger partial charge in [-0.2, -0.15) is 0 Å². The quantitative estimate of drug-likeness (QED) is 0.616. The maximum absolute atomic E-state index is 12.2. The summed E-state index contributed by atoms with van der Waals surface area (Å²) in [5.41, 5.74) is 1.55. The largest absolute Gasteiger partial charge is 0.497 e. The van der Waals surface area contributed by atoms with Gasteiger partial charge in [-0.1, -0.05) is 11.8 Å². The van der Waals surface area contributed by atoms with Crippen molar-refractivity contribution >= 4 is 23.4 Å². The molecule has 0 saturated heterocycles. The lowest BCUT2D eigenvalue weighted by molar-refractivity contribution is -0.113. The smallest absolute Gasteiger partial charge is 0.234 e. The number of hydrogen-bond acceptors (Lipinski definition) is 7. The van der Waals surface area contributed by atoms with Crippen LogP contribution in [-0.2, 0) is 4.79 Å². The summed E-state index contributed by atoms with van der Waals surface area (Å²) in [6.45, 7) is 1.03. The van der Waals surface area contributed by atoms with Crippen LogP contribution in [0.1, 0.15) is 0 Å². The number of nitrogens with zero attached hydrogens (tertiary/aromatic N) is 2. The summed E-state index contributed by atoms with van der Waals surface area (Å²) < 4.78 is 16.1. The van der Waals surface area contributed by atoms with Crippen molar-refractivity contribution in [3.8, 4) is 28.6 Å². The van der Waals surface area contributed by atoms with Gasteiger partial charge in [0.05, 0.1) is 12.9 Å². The highest BCUT2D eigenvalue weighted by Crippen LogP contribution is 2.32. The van der Waals surface area contributed by atoms with E-state index in [1.807, 2.05) is 24.3 Å². The van der Waals surface area contributed by atoms with Crippen LogP contribution < -0.4 is 19.5 Å². The number of ether oxygens (including phenoxy) is 3. The van der Waals surface area contributed by atoms with Crippen LogP contribution in [0.25, 0.3) is 11.4 Å². The Hall–Kier alpha value is -3.20. The molecule has 0 fully saturated rings. The van der Waals surface area contributed by atoms with Crippen LogP contribution in [-0.4, -0.2) is 47.2 Å². The fourth-order valence-electron chi connectivity index (χ4n) is 2.64. The van der Waals surface area contributed by atoms with Gasteiger partial charge in [-0.15, -0.1) is 5.10 Å². The van der Waals surface area contributed by atoms with Gasteiger partial charge in [0.2, 0.25) is 11.1 Å². The molecule has 144 valence electrons. The first-order chi connectivity index (χ1) is 13.7. The molecule has 1 amide bonds. The number of benzene rings is 2. The third-order valence-electron chi connectivity index (χ3n) is 3.99. The number of carbonyl (C=O) groups excluding carboxylic acids is 1. The van der Waals surface area contributed by atoms with Crippen LogP contribution in [0, 0.1) is 0 Å². The second-order valence-corrected chi connectivity index (χ2v) is 6.83. The predicted octanol–water partition coefficient (Wildman–Crippen LogP) is 2.98. The summed E-state index contributed by atoms with van der Waals surface area (Å²) in [7, 11) is 1.62. The summed E-state index contributed by atoms with van der Waals surface area (Å²) in [5, 5.41) is 10.4. The van der Waals surface area contributed by atoms with E-state index in [0.29, 0.717) is 41.4 Å². The second-order valence-electron chi connectivity index (χ2n) is 5.89. The first-order valence-electron chi connectivity index (χ1n) is 8.60. The summed E-state index contributed by atoms with van der Waals surface area (Å²) in [6.07, 6.45) is 0. The molecule has 8 nitrogen and oxygen atoms in total. The average molecular weight is 398 g/mol. The van der Waals surface area contributed by atoms with Crippen molar-refractivity contribution in [3.63, 3.8) is 0 Å².